The lowest BCUT2D eigenvalue weighted by Gasteiger charge is -2.36. The van der Waals surface area contributed by atoms with E-state index in [0.29, 0.717) is 87.4 Å². The van der Waals surface area contributed by atoms with Crippen molar-refractivity contribution < 1.29 is 45.0 Å². The van der Waals surface area contributed by atoms with Crippen LogP contribution in [-0.2, 0) is 41.7 Å². The summed E-state index contributed by atoms with van der Waals surface area (Å²) in [7, 11) is 1.50. The van der Waals surface area contributed by atoms with Crippen LogP contribution in [0.25, 0.3) is 10.8 Å². The van der Waals surface area contributed by atoms with E-state index in [2.05, 4.69) is 120 Å². The number of aliphatic hydroxyl groups excluding tert-OH is 3. The standard InChI is InChI=1S/C81H94N4O9/c1-5-12-67-60-34-53(30-52-27-28-83-78(36-52)85-73-43-72-57(37-61(73)31-50-13-7-6-8-14-50)21-22-59(79(72)91)39-65(87)47-82-45-49(3)62-38-63(84-46-62)42-75(67)89)33-56-23-25-69(70-44-76(90)77(94-4)41-58(70)24-26-74(88)81(93)80(92)71(56)40-60)68-18-10-9-17-66(68)55-20-19-54(48(2)29-55)32-51-15-11-16-64(86)35-51/h6-11,13-18,21-22,27,35-38,41,43-44,46,48-49,53-56,60,65,67,69,71,75,81-87,89-91,93H,5,12,19-20,24,26,28-34,39-40,42,45,47H2,1-4H3/t48-,49+,53+,54+,55-,56+,60+,65+,67-,69-,71+,75-,81+/m1/s1. The monoisotopic (exact) mass is 1270 g/mol. The molecule has 13 heteroatoms. The summed E-state index contributed by atoms with van der Waals surface area (Å²) in [5, 5.41) is 82.9. The number of phenols is 3. The number of fused-ring (bicyclic) bond motifs is 9. The van der Waals surface area contributed by atoms with Crippen LogP contribution in [0, 0.1) is 53.3 Å². The fourth-order valence-electron chi connectivity index (χ4n) is 16.6. The van der Waals surface area contributed by atoms with Crippen molar-refractivity contribution in [3.63, 3.8) is 0 Å². The first-order valence-electron chi connectivity index (χ1n) is 34.5. The molecule has 12 rings (SSSR count). The van der Waals surface area contributed by atoms with Crippen molar-refractivity contribution in [3.8, 4) is 34.8 Å². The molecule has 9 bridgehead atoms. The summed E-state index contributed by atoms with van der Waals surface area (Å²) in [4.78, 5) is 33.6. The van der Waals surface area contributed by atoms with E-state index in [-0.39, 0.29) is 71.9 Å². The molecule has 492 valence electrons. The fourth-order valence-corrected chi connectivity index (χ4v) is 16.6. The summed E-state index contributed by atoms with van der Waals surface area (Å²) < 4.78 is 5.71. The third kappa shape index (κ3) is 15.2. The lowest BCUT2D eigenvalue weighted by Crippen LogP contribution is -2.40. The number of β-amino-alcohol motifs (C(OH)–C–C–N with tert-alkyl or cyclic N) is 1. The lowest BCUT2D eigenvalue weighted by atomic mass is 9.69. The molecule has 1 aromatic heterocycles. The summed E-state index contributed by atoms with van der Waals surface area (Å²) in [5.41, 5.74) is 11.6. The number of aromatic amines is 1. The first-order valence-corrected chi connectivity index (χ1v) is 34.5. The van der Waals surface area contributed by atoms with Crippen LogP contribution < -0.4 is 20.7 Å². The van der Waals surface area contributed by atoms with Crippen molar-refractivity contribution >= 4 is 28.0 Å². The van der Waals surface area contributed by atoms with Crippen LogP contribution in [0.4, 0.5) is 5.69 Å². The molecular weight excluding hydrogens is 1170 g/mol. The number of H-pyrrole nitrogens is 1. The average molecular weight is 1270 g/mol. The normalized spacial score (nSPS) is 27.2. The van der Waals surface area contributed by atoms with Crippen LogP contribution in [0.3, 0.4) is 0 Å². The number of aromatic nitrogens is 1. The quantitative estimate of drug-likeness (QED) is 0.0483. The number of Topliss-reactive ketones (excluding diaryl/α,β-unsaturated/α-hetero) is 2. The Balaban J connectivity index is 0.958. The van der Waals surface area contributed by atoms with Gasteiger partial charge < -0.3 is 56.3 Å². The predicted octanol–water partition coefficient (Wildman–Crippen LogP) is 13.4. The van der Waals surface area contributed by atoms with Gasteiger partial charge in [-0.05, 0) is 222 Å². The van der Waals surface area contributed by atoms with Crippen molar-refractivity contribution in [1.82, 2.24) is 15.6 Å². The van der Waals surface area contributed by atoms with Crippen LogP contribution in [0.5, 0.6) is 23.0 Å². The topological polar surface area (TPSA) is 217 Å². The number of aromatic hydroxyl groups is 3. The van der Waals surface area contributed by atoms with E-state index < -0.39 is 47.6 Å². The van der Waals surface area contributed by atoms with Gasteiger partial charge in [-0.1, -0.05) is 124 Å². The van der Waals surface area contributed by atoms with Gasteiger partial charge in [-0.25, -0.2) is 0 Å². The van der Waals surface area contributed by atoms with Gasteiger partial charge in [-0.15, -0.1) is 0 Å². The van der Waals surface area contributed by atoms with Crippen molar-refractivity contribution in [2.75, 3.05) is 32.1 Å². The highest BCUT2D eigenvalue weighted by atomic mass is 16.5. The Bertz CT molecular complexity index is 3970. The molecule has 2 fully saturated rings. The number of anilines is 1. The molecule has 3 heterocycles. The van der Waals surface area contributed by atoms with Gasteiger partial charge in [0.2, 0.25) is 0 Å². The molecule has 0 unspecified atom stereocenters. The number of hydrogen-bond acceptors (Lipinski definition) is 12. The van der Waals surface area contributed by atoms with Crippen molar-refractivity contribution in [3.05, 3.63) is 207 Å². The van der Waals surface area contributed by atoms with Crippen LogP contribution >= 0.6 is 0 Å². The van der Waals surface area contributed by atoms with Gasteiger partial charge in [0.15, 0.2) is 29.2 Å². The number of rotatable bonds is 9. The predicted molar refractivity (Wildman–Crippen MR) is 371 cm³/mol. The van der Waals surface area contributed by atoms with E-state index in [1.165, 1.54) is 12.7 Å². The number of benzene rings is 6. The molecule has 2 saturated carbocycles. The molecule has 3 aliphatic carbocycles. The van der Waals surface area contributed by atoms with E-state index in [1.54, 1.807) is 18.2 Å². The van der Waals surface area contributed by atoms with E-state index in [0.717, 1.165) is 99.2 Å². The van der Waals surface area contributed by atoms with Crippen LogP contribution in [-0.4, -0.2) is 92.2 Å². The highest BCUT2D eigenvalue weighted by molar-refractivity contribution is 6.06. The van der Waals surface area contributed by atoms with E-state index in [4.69, 9.17) is 4.74 Å². The number of nitrogens with one attached hydrogen (secondary N) is 4. The zero-order chi connectivity index (χ0) is 65.6. The minimum atomic E-state index is -1.88. The number of phenolic OH excluding ortho intramolecular Hbond substituents is 3. The molecule has 6 aromatic carbocycles. The smallest absolute Gasteiger partial charge is 0.173 e. The maximum atomic E-state index is 15.5. The number of aliphatic hydroxyl groups is 3. The van der Waals surface area contributed by atoms with Gasteiger partial charge in [0.25, 0.3) is 0 Å². The Morgan fingerprint density at radius 3 is 2.34 bits per heavy atom. The number of carbonyl (C=O) groups excluding carboxylic acids is 2. The molecule has 0 amide bonds. The minimum Gasteiger partial charge on any atom is -0.508 e. The number of ether oxygens (including phenoxy) is 1. The van der Waals surface area contributed by atoms with Crippen molar-refractivity contribution in [2.24, 2.45) is 41.4 Å². The Morgan fingerprint density at radius 2 is 1.54 bits per heavy atom. The SMILES string of the molecule is CCC[C@@H]1[C@H]2C[C@@H](CC3=CCNC(=C3)Nc3cc4c(O)c(ccc4cc3Cc3ccccc3)C[C@H](O)CNC[C@H](C)c3c[nH]c(c3)C[C@H]1O)C[C@@H]1C#C[C@H](c3ccccc3[C@@H]3CC[C@@H](Cc4cccc(O)c4)[C@H](C)C3)c3cc(O)c(OC)cc3CCC(=O)[C@H](O)C(=O)[C@H]1C2. The van der Waals surface area contributed by atoms with Crippen LogP contribution in [0.2, 0.25) is 0 Å². The molecule has 7 aromatic rings. The molecular formula is C81H94N4O9. The summed E-state index contributed by atoms with van der Waals surface area (Å²) >= 11 is 0. The maximum Gasteiger partial charge on any atom is 0.173 e. The van der Waals surface area contributed by atoms with Crippen molar-refractivity contribution in [1.29, 1.82) is 0 Å². The van der Waals surface area contributed by atoms with Crippen molar-refractivity contribution in [2.45, 2.75) is 153 Å². The fraction of sp³-hybridized carbons (Fsp3) is 0.432. The zero-order valence-corrected chi connectivity index (χ0v) is 54.9. The van der Waals surface area contributed by atoms with Gasteiger partial charge in [0.05, 0.1) is 25.2 Å². The maximum absolute atomic E-state index is 15.5. The largest absolute Gasteiger partial charge is 0.508 e. The Hall–Kier alpha value is -8.12. The molecule has 0 saturated heterocycles. The molecule has 5 aliphatic rings. The Morgan fingerprint density at radius 1 is 0.734 bits per heavy atom. The first-order chi connectivity index (χ1) is 45.5. The first kappa shape index (κ1) is 65.9. The Kier molecular flexibility index (Phi) is 20.8. The van der Waals surface area contributed by atoms with E-state index >= 15 is 4.79 Å². The number of hydrogen-bond donors (Lipinski definition) is 10. The average Bonchev–Trinajstić information content (AvgIpc) is 0.878. The summed E-state index contributed by atoms with van der Waals surface area (Å²) in [5.74, 6) is 6.60. The van der Waals surface area contributed by atoms with Gasteiger partial charge in [0.1, 0.15) is 17.3 Å². The van der Waals surface area contributed by atoms with Gasteiger partial charge in [-0.2, -0.15) is 0 Å². The number of aryl methyl sites for hydroxylation is 1. The zero-order valence-electron chi connectivity index (χ0n) is 54.9. The minimum absolute atomic E-state index is 0.0450. The van der Waals surface area contributed by atoms with Crippen LogP contribution in [0.1, 0.15) is 158 Å². The molecule has 13 nitrogen and oxygen atoms in total. The summed E-state index contributed by atoms with van der Waals surface area (Å²) in [6.07, 6.45) is 11.7. The summed E-state index contributed by atoms with van der Waals surface area (Å²) in [6, 6.07) is 40.2. The number of carbonyl (C=O) groups is 2. The number of allylic oxidation sites excluding steroid dienone is 2. The molecule has 94 heavy (non-hydrogen) atoms. The lowest BCUT2D eigenvalue weighted by molar-refractivity contribution is -0.142. The van der Waals surface area contributed by atoms with Gasteiger partial charge in [0, 0.05) is 73.7 Å². The molecule has 10 N–H and O–H groups in total. The third-order valence-corrected chi connectivity index (χ3v) is 21.6. The Labute approximate surface area is 554 Å². The van der Waals surface area contributed by atoms with Crippen LogP contribution in [0.15, 0.2) is 151 Å². The van der Waals surface area contributed by atoms with Gasteiger partial charge >= 0.3 is 0 Å². The number of ketones is 2. The third-order valence-electron chi connectivity index (χ3n) is 21.6. The molecule has 13 atom stereocenters. The van der Waals surface area contributed by atoms with E-state index in [9.17, 15) is 35.4 Å². The molecule has 2 aliphatic heterocycles. The highest BCUT2D eigenvalue weighted by Gasteiger charge is 2.44. The van der Waals surface area contributed by atoms with E-state index in [1.807, 2.05) is 54.7 Å². The molecule has 0 radical (unpaired) electrons. The summed E-state index contributed by atoms with van der Waals surface area (Å²) in [6.45, 7) is 8.07. The highest BCUT2D eigenvalue weighted by Crippen LogP contribution is 2.48. The van der Waals surface area contributed by atoms with Gasteiger partial charge in [-0.3, -0.25) is 9.59 Å². The molecule has 0 spiro atoms. The number of methoxy groups -OCH3 is 1. The number of dihydropyridines is 1. The second-order valence-corrected chi connectivity index (χ2v) is 28.1. The second kappa shape index (κ2) is 29.7. The second-order valence-electron chi connectivity index (χ2n) is 28.1.